The highest BCUT2D eigenvalue weighted by Gasteiger charge is 2.46. The Bertz CT molecular complexity index is 1140. The fourth-order valence-electron chi connectivity index (χ4n) is 4.42. The maximum absolute atomic E-state index is 13.8. The van der Waals surface area contributed by atoms with Crippen molar-refractivity contribution in [3.05, 3.63) is 89.9 Å². The number of hydrogen-bond donors (Lipinski definition) is 1. The second-order valence-electron chi connectivity index (χ2n) is 8.51. The molecule has 1 aliphatic carbocycles. The summed E-state index contributed by atoms with van der Waals surface area (Å²) in [5.41, 5.74) is 1.75. The fraction of sp³-hybridized carbons (Fsp3) is 0.269. The van der Waals surface area contributed by atoms with E-state index in [-0.39, 0.29) is 17.4 Å². The Hall–Kier alpha value is -3.74. The minimum atomic E-state index is -0.562. The van der Waals surface area contributed by atoms with E-state index >= 15 is 0 Å². The van der Waals surface area contributed by atoms with Crippen LogP contribution in [0, 0.1) is 11.7 Å². The third-order valence-electron chi connectivity index (χ3n) is 6.37. The Labute approximate surface area is 192 Å². The predicted octanol–water partition coefficient (Wildman–Crippen LogP) is 3.93. The number of halogens is 1. The van der Waals surface area contributed by atoms with Crippen LogP contribution in [0.15, 0.2) is 72.9 Å². The zero-order valence-electron chi connectivity index (χ0n) is 18.2. The number of nitrogens with zero attached hydrogens (tertiary/aromatic N) is 3. The van der Waals surface area contributed by atoms with Crippen LogP contribution in [0.25, 0.3) is 0 Å². The number of rotatable bonds is 5. The highest BCUT2D eigenvalue weighted by atomic mass is 19.1. The van der Waals surface area contributed by atoms with Crippen LogP contribution in [-0.4, -0.2) is 47.9 Å². The molecule has 1 saturated carbocycles. The quantitative estimate of drug-likeness (QED) is 0.648. The number of anilines is 2. The van der Waals surface area contributed by atoms with Gasteiger partial charge < -0.3 is 15.1 Å². The number of piperazine rings is 1. The van der Waals surface area contributed by atoms with Crippen LogP contribution in [0.2, 0.25) is 0 Å². The van der Waals surface area contributed by atoms with Gasteiger partial charge in [0.15, 0.2) is 0 Å². The number of benzene rings is 2. The molecule has 2 atom stereocenters. The van der Waals surface area contributed by atoms with Gasteiger partial charge >= 0.3 is 0 Å². The molecule has 6 nitrogen and oxygen atoms in total. The average molecular weight is 445 g/mol. The Morgan fingerprint density at radius 2 is 1.64 bits per heavy atom. The number of hydrogen-bond acceptors (Lipinski definition) is 4. The van der Waals surface area contributed by atoms with E-state index in [1.54, 1.807) is 24.4 Å². The summed E-state index contributed by atoms with van der Waals surface area (Å²) in [6, 6.07) is 19.7. The molecule has 2 heterocycles. The molecule has 2 aromatic carbocycles. The standard InChI is InChI=1S/C26H25FN4O2/c27-23-9-5-4-8-20(23)25(32)29-19-10-11-24(28-17-19)30-12-14-31(15-13-30)26(33)22-16-21(22)18-6-2-1-3-7-18/h1-11,17,21-22H,12-16H2,(H,29,32)/t21-,22?/m0/s1. The van der Waals surface area contributed by atoms with E-state index in [9.17, 15) is 14.0 Å². The van der Waals surface area contributed by atoms with Crippen molar-refractivity contribution < 1.29 is 14.0 Å². The molecule has 168 valence electrons. The summed E-state index contributed by atoms with van der Waals surface area (Å²) in [5.74, 6) is 0.430. The highest BCUT2D eigenvalue weighted by Crippen LogP contribution is 2.48. The molecule has 1 aliphatic heterocycles. The van der Waals surface area contributed by atoms with Gasteiger partial charge in [0.2, 0.25) is 5.91 Å². The Balaban J connectivity index is 1.14. The monoisotopic (exact) mass is 444 g/mol. The first-order valence-electron chi connectivity index (χ1n) is 11.2. The second-order valence-corrected chi connectivity index (χ2v) is 8.51. The van der Waals surface area contributed by atoms with Gasteiger partial charge in [-0.15, -0.1) is 0 Å². The smallest absolute Gasteiger partial charge is 0.258 e. The lowest BCUT2D eigenvalue weighted by Gasteiger charge is -2.35. The number of nitrogens with one attached hydrogen (secondary N) is 1. The summed E-state index contributed by atoms with van der Waals surface area (Å²) in [6.45, 7) is 2.76. The molecule has 1 unspecified atom stereocenters. The normalized spacial score (nSPS) is 19.8. The molecule has 0 spiro atoms. The number of amides is 2. The van der Waals surface area contributed by atoms with Gasteiger partial charge in [0.1, 0.15) is 11.6 Å². The molecule has 7 heteroatoms. The van der Waals surface area contributed by atoms with E-state index in [4.69, 9.17) is 0 Å². The third-order valence-corrected chi connectivity index (χ3v) is 6.37. The lowest BCUT2D eigenvalue weighted by Crippen LogP contribution is -2.49. The number of pyridine rings is 1. The molecule has 2 fully saturated rings. The number of aromatic nitrogens is 1. The molecular formula is C26H25FN4O2. The minimum absolute atomic E-state index is 0.00692. The van der Waals surface area contributed by atoms with Crippen LogP contribution in [0.4, 0.5) is 15.9 Å². The summed E-state index contributed by atoms with van der Waals surface area (Å²) in [4.78, 5) is 33.7. The zero-order valence-corrected chi connectivity index (χ0v) is 18.2. The Morgan fingerprint density at radius 1 is 0.909 bits per heavy atom. The van der Waals surface area contributed by atoms with Gasteiger partial charge in [-0.2, -0.15) is 0 Å². The molecule has 1 aromatic heterocycles. The van der Waals surface area contributed by atoms with Crippen molar-refractivity contribution in [1.29, 1.82) is 0 Å². The van der Waals surface area contributed by atoms with Crippen molar-refractivity contribution in [2.45, 2.75) is 12.3 Å². The molecule has 5 rings (SSSR count). The van der Waals surface area contributed by atoms with Crippen LogP contribution < -0.4 is 10.2 Å². The SMILES string of the molecule is O=C(Nc1ccc(N2CCN(C(=O)C3C[C@H]3c3ccccc3)CC2)nc1)c1ccccc1F. The molecular weight excluding hydrogens is 419 g/mol. The first-order valence-corrected chi connectivity index (χ1v) is 11.2. The molecule has 2 amide bonds. The summed E-state index contributed by atoms with van der Waals surface area (Å²) >= 11 is 0. The van der Waals surface area contributed by atoms with Crippen LogP contribution in [-0.2, 0) is 4.79 Å². The van der Waals surface area contributed by atoms with Gasteiger partial charge in [0.05, 0.1) is 17.4 Å². The van der Waals surface area contributed by atoms with Crippen molar-refractivity contribution in [2.24, 2.45) is 5.92 Å². The molecule has 1 N–H and O–H groups in total. The van der Waals surface area contributed by atoms with Crippen molar-refractivity contribution in [1.82, 2.24) is 9.88 Å². The Morgan fingerprint density at radius 3 is 2.33 bits per heavy atom. The van der Waals surface area contributed by atoms with Gasteiger partial charge in [0.25, 0.3) is 5.91 Å². The lowest BCUT2D eigenvalue weighted by molar-refractivity contribution is -0.133. The van der Waals surface area contributed by atoms with Gasteiger partial charge in [0, 0.05) is 32.1 Å². The van der Waals surface area contributed by atoms with Gasteiger partial charge in [-0.1, -0.05) is 42.5 Å². The van der Waals surface area contributed by atoms with E-state index in [1.807, 2.05) is 29.2 Å². The summed E-state index contributed by atoms with van der Waals surface area (Å²) < 4.78 is 13.8. The van der Waals surface area contributed by atoms with Crippen molar-refractivity contribution in [3.8, 4) is 0 Å². The summed E-state index contributed by atoms with van der Waals surface area (Å²) in [7, 11) is 0. The summed E-state index contributed by atoms with van der Waals surface area (Å²) in [5, 5.41) is 2.68. The van der Waals surface area contributed by atoms with Gasteiger partial charge in [-0.25, -0.2) is 9.37 Å². The average Bonchev–Trinajstić information content (AvgIpc) is 3.66. The highest BCUT2D eigenvalue weighted by molar-refractivity contribution is 6.04. The van der Waals surface area contributed by atoms with E-state index < -0.39 is 11.7 Å². The molecule has 3 aromatic rings. The minimum Gasteiger partial charge on any atom is -0.353 e. The van der Waals surface area contributed by atoms with Crippen molar-refractivity contribution in [2.75, 3.05) is 36.4 Å². The zero-order chi connectivity index (χ0) is 22.8. The molecule has 2 aliphatic rings. The summed E-state index contributed by atoms with van der Waals surface area (Å²) in [6.07, 6.45) is 2.50. The van der Waals surface area contributed by atoms with Crippen LogP contribution in [0.1, 0.15) is 28.3 Å². The second kappa shape index (κ2) is 9.02. The number of carbonyl (C=O) groups is 2. The Kier molecular flexibility index (Phi) is 5.77. The maximum atomic E-state index is 13.8. The molecule has 0 radical (unpaired) electrons. The number of carbonyl (C=O) groups excluding carboxylic acids is 2. The fourth-order valence-corrected chi connectivity index (χ4v) is 4.42. The maximum Gasteiger partial charge on any atom is 0.258 e. The topological polar surface area (TPSA) is 65.5 Å². The lowest BCUT2D eigenvalue weighted by atomic mass is 10.1. The molecule has 0 bridgehead atoms. The van der Waals surface area contributed by atoms with E-state index in [1.165, 1.54) is 17.7 Å². The van der Waals surface area contributed by atoms with Gasteiger partial charge in [-0.3, -0.25) is 9.59 Å². The predicted molar refractivity (Wildman–Crippen MR) is 125 cm³/mol. The third kappa shape index (κ3) is 4.58. The first-order chi connectivity index (χ1) is 16.1. The van der Waals surface area contributed by atoms with Crippen molar-refractivity contribution >= 4 is 23.3 Å². The molecule has 33 heavy (non-hydrogen) atoms. The van der Waals surface area contributed by atoms with Crippen LogP contribution in [0.3, 0.4) is 0 Å². The van der Waals surface area contributed by atoms with E-state index in [0.29, 0.717) is 37.8 Å². The van der Waals surface area contributed by atoms with E-state index in [0.717, 1.165) is 12.2 Å². The molecule has 1 saturated heterocycles. The van der Waals surface area contributed by atoms with E-state index in [2.05, 4.69) is 27.3 Å². The van der Waals surface area contributed by atoms with Crippen LogP contribution in [0.5, 0.6) is 0 Å². The first kappa shape index (κ1) is 21.1. The van der Waals surface area contributed by atoms with Gasteiger partial charge in [-0.05, 0) is 42.2 Å². The van der Waals surface area contributed by atoms with Crippen molar-refractivity contribution in [3.63, 3.8) is 0 Å². The largest absolute Gasteiger partial charge is 0.353 e. The van der Waals surface area contributed by atoms with Crippen LogP contribution >= 0.6 is 0 Å².